The molecule has 9 heteroatoms. The maximum absolute atomic E-state index is 12.7. The van der Waals surface area contributed by atoms with E-state index in [9.17, 15) is 13.2 Å². The summed E-state index contributed by atoms with van der Waals surface area (Å²) in [6.07, 6.45) is 2.51. The van der Waals surface area contributed by atoms with Gasteiger partial charge in [0.15, 0.2) is 4.80 Å². The molecule has 0 N–H and O–H groups in total. The van der Waals surface area contributed by atoms with Gasteiger partial charge in [-0.3, -0.25) is 4.79 Å². The van der Waals surface area contributed by atoms with Crippen molar-refractivity contribution in [1.82, 2.24) is 8.87 Å². The summed E-state index contributed by atoms with van der Waals surface area (Å²) in [5.74, 6) is 0.0722. The summed E-state index contributed by atoms with van der Waals surface area (Å²) < 4.78 is 33.2. The Morgan fingerprint density at radius 2 is 2.12 bits per heavy atom. The van der Waals surface area contributed by atoms with Crippen molar-refractivity contribution in [3.8, 4) is 5.75 Å². The molecular formula is C17H23N3O4S2. The second-order valence-corrected chi connectivity index (χ2v) is 9.58. The Bertz CT molecular complexity index is 1020. The topological polar surface area (TPSA) is 81.0 Å². The number of aromatic nitrogens is 1. The number of piperidine rings is 1. The molecule has 7 nitrogen and oxygen atoms in total. The highest BCUT2D eigenvalue weighted by Gasteiger charge is 2.30. The minimum Gasteiger partial charge on any atom is -0.495 e. The number of carbonyl (C=O) groups excluding carboxylic acids is 1. The molecule has 26 heavy (non-hydrogen) atoms. The SMILES string of the molecule is COc1ccc(C)c2sc(=NC(=O)[C@@H]3CCCN(S(C)(=O)=O)C3)n(C)c12. The van der Waals surface area contributed by atoms with Gasteiger partial charge in [-0.1, -0.05) is 17.4 Å². The highest BCUT2D eigenvalue weighted by Crippen LogP contribution is 2.29. The molecular weight excluding hydrogens is 374 g/mol. The molecule has 1 fully saturated rings. The van der Waals surface area contributed by atoms with Crippen molar-refractivity contribution in [1.29, 1.82) is 0 Å². The molecule has 2 aromatic rings. The van der Waals surface area contributed by atoms with E-state index >= 15 is 0 Å². The summed E-state index contributed by atoms with van der Waals surface area (Å²) >= 11 is 1.44. The van der Waals surface area contributed by atoms with Crippen LogP contribution in [-0.4, -0.2) is 49.7 Å². The van der Waals surface area contributed by atoms with Crippen LogP contribution in [0.15, 0.2) is 17.1 Å². The number of benzene rings is 1. The lowest BCUT2D eigenvalue weighted by atomic mass is 9.99. The lowest BCUT2D eigenvalue weighted by Gasteiger charge is -2.28. The van der Waals surface area contributed by atoms with E-state index in [0.29, 0.717) is 24.2 Å². The monoisotopic (exact) mass is 397 g/mol. The highest BCUT2D eigenvalue weighted by atomic mass is 32.2. The molecule has 0 unspecified atom stereocenters. The number of carbonyl (C=O) groups is 1. The molecule has 1 amide bonds. The molecule has 0 saturated carbocycles. The van der Waals surface area contributed by atoms with Crippen LogP contribution in [0.2, 0.25) is 0 Å². The molecule has 1 aromatic heterocycles. The molecule has 0 aliphatic carbocycles. The quantitative estimate of drug-likeness (QED) is 0.789. The molecule has 1 atom stereocenters. The first-order valence-electron chi connectivity index (χ1n) is 8.39. The second-order valence-electron chi connectivity index (χ2n) is 6.62. The molecule has 0 bridgehead atoms. The van der Waals surface area contributed by atoms with Crippen LogP contribution >= 0.6 is 11.3 Å². The third kappa shape index (κ3) is 3.56. The van der Waals surface area contributed by atoms with E-state index in [2.05, 4.69) is 4.99 Å². The number of hydrogen-bond donors (Lipinski definition) is 0. The van der Waals surface area contributed by atoms with Gasteiger partial charge in [0.25, 0.3) is 5.91 Å². The molecule has 2 heterocycles. The summed E-state index contributed by atoms with van der Waals surface area (Å²) in [6, 6.07) is 3.88. The van der Waals surface area contributed by atoms with Crippen LogP contribution in [0.4, 0.5) is 0 Å². The van der Waals surface area contributed by atoms with Crippen LogP contribution in [-0.2, 0) is 21.9 Å². The fourth-order valence-electron chi connectivity index (χ4n) is 3.25. The van der Waals surface area contributed by atoms with Crippen molar-refractivity contribution in [3.05, 3.63) is 22.5 Å². The minimum absolute atomic E-state index is 0.206. The Morgan fingerprint density at radius 3 is 2.77 bits per heavy atom. The van der Waals surface area contributed by atoms with Gasteiger partial charge in [0.1, 0.15) is 11.3 Å². The third-order valence-corrected chi connectivity index (χ3v) is 7.27. The number of amides is 1. The fourth-order valence-corrected chi connectivity index (χ4v) is 5.27. The Kier molecular flexibility index (Phi) is 5.23. The van der Waals surface area contributed by atoms with Crippen LogP contribution in [0.25, 0.3) is 10.2 Å². The zero-order valence-corrected chi connectivity index (χ0v) is 17.0. The largest absolute Gasteiger partial charge is 0.495 e. The van der Waals surface area contributed by atoms with Gasteiger partial charge in [0.2, 0.25) is 10.0 Å². The number of thiazole rings is 1. The molecule has 142 valence electrons. The Morgan fingerprint density at radius 1 is 1.38 bits per heavy atom. The van der Waals surface area contributed by atoms with Crippen LogP contribution in [0.3, 0.4) is 0 Å². The summed E-state index contributed by atoms with van der Waals surface area (Å²) in [6.45, 7) is 2.68. The van der Waals surface area contributed by atoms with Gasteiger partial charge in [-0.25, -0.2) is 12.7 Å². The predicted octanol–water partition coefficient (Wildman–Crippen LogP) is 1.66. The van der Waals surface area contributed by atoms with Gasteiger partial charge in [-0.2, -0.15) is 4.99 Å². The van der Waals surface area contributed by atoms with Crippen molar-refractivity contribution < 1.29 is 17.9 Å². The Labute approximate surface area is 157 Å². The zero-order chi connectivity index (χ0) is 19.1. The lowest BCUT2D eigenvalue weighted by Crippen LogP contribution is -2.41. The van der Waals surface area contributed by atoms with E-state index in [4.69, 9.17) is 4.74 Å². The van der Waals surface area contributed by atoms with Crippen LogP contribution in [0.1, 0.15) is 18.4 Å². The first kappa shape index (κ1) is 19.1. The van der Waals surface area contributed by atoms with Crippen molar-refractivity contribution in [3.63, 3.8) is 0 Å². The summed E-state index contributed by atoms with van der Waals surface area (Å²) in [5.41, 5.74) is 2.00. The minimum atomic E-state index is -3.29. The third-order valence-electron chi connectivity index (χ3n) is 4.74. The van der Waals surface area contributed by atoms with Gasteiger partial charge < -0.3 is 9.30 Å². The van der Waals surface area contributed by atoms with E-state index in [1.807, 2.05) is 30.7 Å². The number of rotatable bonds is 3. The van der Waals surface area contributed by atoms with E-state index in [-0.39, 0.29) is 12.5 Å². The lowest BCUT2D eigenvalue weighted by molar-refractivity contribution is -0.122. The first-order chi connectivity index (χ1) is 12.2. The first-order valence-corrected chi connectivity index (χ1v) is 11.1. The Hall–Kier alpha value is -1.71. The highest BCUT2D eigenvalue weighted by molar-refractivity contribution is 7.88. The fraction of sp³-hybridized carbons (Fsp3) is 0.529. The van der Waals surface area contributed by atoms with Crippen LogP contribution < -0.4 is 9.54 Å². The normalized spacial score (nSPS) is 19.8. The number of ether oxygens (including phenoxy) is 1. The molecule has 1 saturated heterocycles. The van der Waals surface area contributed by atoms with Crippen molar-refractivity contribution in [2.45, 2.75) is 19.8 Å². The Balaban J connectivity index is 1.98. The molecule has 3 rings (SSSR count). The maximum Gasteiger partial charge on any atom is 0.252 e. The van der Waals surface area contributed by atoms with Crippen molar-refractivity contribution >= 4 is 37.5 Å². The summed E-state index contributed by atoms with van der Waals surface area (Å²) in [4.78, 5) is 17.6. The molecule has 1 aliphatic heterocycles. The number of methoxy groups -OCH3 is 1. The van der Waals surface area contributed by atoms with Gasteiger partial charge in [0, 0.05) is 20.1 Å². The maximum atomic E-state index is 12.7. The van der Waals surface area contributed by atoms with Gasteiger partial charge in [0.05, 0.1) is 24.0 Å². The van der Waals surface area contributed by atoms with E-state index in [1.165, 1.54) is 21.9 Å². The second kappa shape index (κ2) is 7.13. The average molecular weight is 398 g/mol. The number of aryl methyl sites for hydroxylation is 2. The molecule has 0 spiro atoms. The van der Waals surface area contributed by atoms with E-state index < -0.39 is 15.9 Å². The van der Waals surface area contributed by atoms with E-state index in [1.54, 1.807) is 7.11 Å². The predicted molar refractivity (Wildman–Crippen MR) is 102 cm³/mol. The standard InChI is InChI=1S/C17H23N3O4S2/c1-11-7-8-13(24-3)14-15(11)25-17(19(14)2)18-16(21)12-6-5-9-20(10-12)26(4,22)23/h7-8,12H,5-6,9-10H2,1-4H3/t12-/m1/s1. The zero-order valence-electron chi connectivity index (χ0n) is 15.4. The average Bonchev–Trinajstić information content (AvgIpc) is 2.93. The number of hydrogen-bond acceptors (Lipinski definition) is 5. The van der Waals surface area contributed by atoms with E-state index in [0.717, 1.165) is 21.5 Å². The summed E-state index contributed by atoms with van der Waals surface area (Å²) in [5, 5.41) is 0. The van der Waals surface area contributed by atoms with Crippen LogP contribution in [0.5, 0.6) is 5.75 Å². The summed E-state index contributed by atoms with van der Waals surface area (Å²) in [7, 11) is 0.186. The number of fused-ring (bicyclic) bond motifs is 1. The molecule has 1 aliphatic rings. The van der Waals surface area contributed by atoms with Crippen molar-refractivity contribution in [2.75, 3.05) is 26.5 Å². The number of nitrogens with zero attached hydrogens (tertiary/aromatic N) is 3. The van der Waals surface area contributed by atoms with Gasteiger partial charge in [-0.05, 0) is 31.4 Å². The van der Waals surface area contributed by atoms with Crippen molar-refractivity contribution in [2.24, 2.45) is 18.0 Å². The molecule has 0 radical (unpaired) electrons. The van der Waals surface area contributed by atoms with Gasteiger partial charge in [-0.15, -0.1) is 0 Å². The number of sulfonamides is 1. The molecule has 1 aromatic carbocycles. The van der Waals surface area contributed by atoms with Gasteiger partial charge >= 0.3 is 0 Å². The smallest absolute Gasteiger partial charge is 0.252 e. The van der Waals surface area contributed by atoms with Crippen LogP contribution in [0, 0.1) is 12.8 Å².